The Morgan fingerprint density at radius 2 is 2.05 bits per heavy atom. The molecule has 0 bridgehead atoms. The van der Waals surface area contributed by atoms with Crippen molar-refractivity contribution in [1.29, 1.82) is 0 Å². The minimum atomic E-state index is -0.534. The molecule has 0 saturated heterocycles. The van der Waals surface area contributed by atoms with E-state index in [1.807, 2.05) is 32.0 Å². The first-order valence-corrected chi connectivity index (χ1v) is 6.19. The molecular formula is C14H18N2O3. The zero-order valence-electron chi connectivity index (χ0n) is 11.5. The van der Waals surface area contributed by atoms with Crippen LogP contribution in [0.1, 0.15) is 31.2 Å². The highest BCUT2D eigenvalue weighted by atomic mass is 16.5. The predicted molar refractivity (Wildman–Crippen MR) is 71.1 cm³/mol. The monoisotopic (exact) mass is 262 g/mol. The van der Waals surface area contributed by atoms with Gasteiger partial charge in [0.05, 0.1) is 24.7 Å². The fourth-order valence-electron chi connectivity index (χ4n) is 1.72. The van der Waals surface area contributed by atoms with Crippen molar-refractivity contribution >= 4 is 0 Å². The first-order valence-electron chi connectivity index (χ1n) is 6.19. The topological polar surface area (TPSA) is 68.4 Å². The number of aromatic nitrogens is 2. The molecule has 2 rings (SSSR count). The molecule has 0 aliphatic heterocycles. The van der Waals surface area contributed by atoms with Crippen LogP contribution in [0.4, 0.5) is 0 Å². The number of hydrogen-bond acceptors (Lipinski definition) is 5. The van der Waals surface area contributed by atoms with E-state index in [4.69, 9.17) is 9.26 Å². The van der Waals surface area contributed by atoms with E-state index in [0.29, 0.717) is 17.5 Å². The van der Waals surface area contributed by atoms with E-state index >= 15 is 0 Å². The molecule has 19 heavy (non-hydrogen) atoms. The van der Waals surface area contributed by atoms with Gasteiger partial charge < -0.3 is 14.4 Å². The van der Waals surface area contributed by atoms with Gasteiger partial charge in [-0.25, -0.2) is 0 Å². The zero-order chi connectivity index (χ0) is 14.0. The summed E-state index contributed by atoms with van der Waals surface area (Å²) in [4.78, 5) is 4.32. The molecule has 0 aliphatic carbocycles. The van der Waals surface area contributed by atoms with Crippen LogP contribution >= 0.6 is 0 Å². The number of nitrogens with zero attached hydrogens (tertiary/aromatic N) is 2. The van der Waals surface area contributed by atoms with E-state index in [0.717, 1.165) is 11.1 Å². The molecule has 0 fully saturated rings. The standard InChI is InChI=1S/C14H18N2O3/c1-8-5-6-11(12(7-8)18-4)13-15-14(19-16-13)9(2)10(3)17/h5-7,9-10,17H,1-4H3. The summed E-state index contributed by atoms with van der Waals surface area (Å²) in [5, 5.41) is 13.5. The molecule has 5 heteroatoms. The summed E-state index contributed by atoms with van der Waals surface area (Å²) in [7, 11) is 1.61. The third-order valence-electron chi connectivity index (χ3n) is 3.15. The SMILES string of the molecule is COc1cc(C)ccc1-c1noc(C(C)C(C)O)n1. The molecule has 1 aromatic carbocycles. The maximum absolute atomic E-state index is 9.54. The molecule has 1 N–H and O–H groups in total. The lowest BCUT2D eigenvalue weighted by Crippen LogP contribution is -2.11. The lowest BCUT2D eigenvalue weighted by Gasteiger charge is -2.08. The average Bonchev–Trinajstić information content (AvgIpc) is 2.86. The molecule has 1 heterocycles. The van der Waals surface area contributed by atoms with Crippen molar-refractivity contribution in [2.45, 2.75) is 32.8 Å². The molecule has 102 valence electrons. The lowest BCUT2D eigenvalue weighted by atomic mass is 10.1. The summed E-state index contributed by atoms with van der Waals surface area (Å²) in [5.41, 5.74) is 1.88. The number of aliphatic hydroxyl groups is 1. The Kier molecular flexibility index (Phi) is 3.85. The normalized spacial score (nSPS) is 14.2. The van der Waals surface area contributed by atoms with Crippen LogP contribution in [0.3, 0.4) is 0 Å². The largest absolute Gasteiger partial charge is 0.496 e. The van der Waals surface area contributed by atoms with Crippen LogP contribution in [0.25, 0.3) is 11.4 Å². The van der Waals surface area contributed by atoms with Gasteiger partial charge in [-0.3, -0.25) is 0 Å². The summed E-state index contributed by atoms with van der Waals surface area (Å²) in [6.45, 7) is 5.53. The minimum Gasteiger partial charge on any atom is -0.496 e. The fourth-order valence-corrected chi connectivity index (χ4v) is 1.72. The quantitative estimate of drug-likeness (QED) is 0.917. The molecule has 0 radical (unpaired) electrons. The van der Waals surface area contributed by atoms with Gasteiger partial charge in [0.15, 0.2) is 0 Å². The van der Waals surface area contributed by atoms with Crippen molar-refractivity contribution in [3.63, 3.8) is 0 Å². The molecule has 0 aliphatic rings. The summed E-state index contributed by atoms with van der Waals surface area (Å²) >= 11 is 0. The predicted octanol–water partition coefficient (Wildman–Crippen LogP) is 2.54. The molecule has 0 saturated carbocycles. The summed E-state index contributed by atoms with van der Waals surface area (Å²) in [6, 6.07) is 5.78. The van der Waals surface area contributed by atoms with Crippen LogP contribution in [0.2, 0.25) is 0 Å². The third kappa shape index (κ3) is 2.76. The molecule has 2 aromatic rings. The van der Waals surface area contributed by atoms with Gasteiger partial charge in [-0.1, -0.05) is 18.1 Å². The van der Waals surface area contributed by atoms with Gasteiger partial charge in [-0.2, -0.15) is 4.98 Å². The molecule has 0 spiro atoms. The van der Waals surface area contributed by atoms with Gasteiger partial charge in [-0.15, -0.1) is 0 Å². The van der Waals surface area contributed by atoms with Crippen molar-refractivity contribution in [3.8, 4) is 17.1 Å². The second-order valence-corrected chi connectivity index (χ2v) is 4.69. The van der Waals surface area contributed by atoms with Gasteiger partial charge in [0.2, 0.25) is 11.7 Å². The van der Waals surface area contributed by atoms with Crippen molar-refractivity contribution in [1.82, 2.24) is 10.1 Å². The maximum Gasteiger partial charge on any atom is 0.232 e. The molecular weight excluding hydrogens is 244 g/mol. The number of hydrogen-bond donors (Lipinski definition) is 1. The van der Waals surface area contributed by atoms with Crippen molar-refractivity contribution < 1.29 is 14.4 Å². The summed E-state index contributed by atoms with van der Waals surface area (Å²) in [5.74, 6) is 1.40. The van der Waals surface area contributed by atoms with Crippen LogP contribution in [-0.4, -0.2) is 28.5 Å². The van der Waals surface area contributed by atoms with E-state index in [2.05, 4.69) is 10.1 Å². The van der Waals surface area contributed by atoms with E-state index < -0.39 is 6.10 Å². The minimum absolute atomic E-state index is 0.197. The highest BCUT2D eigenvalue weighted by molar-refractivity contribution is 5.64. The molecule has 2 atom stereocenters. The van der Waals surface area contributed by atoms with E-state index in [1.165, 1.54) is 0 Å². The Labute approximate surface area is 112 Å². The Hall–Kier alpha value is -1.88. The Bertz CT molecular complexity index is 564. The molecule has 2 unspecified atom stereocenters. The second-order valence-electron chi connectivity index (χ2n) is 4.69. The number of aliphatic hydroxyl groups excluding tert-OH is 1. The first-order chi connectivity index (χ1) is 9.02. The maximum atomic E-state index is 9.54. The van der Waals surface area contributed by atoms with Crippen LogP contribution in [0.5, 0.6) is 5.75 Å². The first kappa shape index (κ1) is 13.5. The van der Waals surface area contributed by atoms with Gasteiger partial charge in [-0.05, 0) is 31.5 Å². The fraction of sp³-hybridized carbons (Fsp3) is 0.429. The smallest absolute Gasteiger partial charge is 0.232 e. The van der Waals surface area contributed by atoms with Gasteiger partial charge in [0, 0.05) is 0 Å². The average molecular weight is 262 g/mol. The van der Waals surface area contributed by atoms with Crippen LogP contribution in [0, 0.1) is 6.92 Å². The highest BCUT2D eigenvalue weighted by Gasteiger charge is 2.20. The Morgan fingerprint density at radius 3 is 2.68 bits per heavy atom. The van der Waals surface area contributed by atoms with E-state index in [1.54, 1.807) is 14.0 Å². The lowest BCUT2D eigenvalue weighted by molar-refractivity contribution is 0.151. The number of methoxy groups -OCH3 is 1. The van der Waals surface area contributed by atoms with Crippen LogP contribution < -0.4 is 4.74 Å². The third-order valence-corrected chi connectivity index (χ3v) is 3.15. The van der Waals surface area contributed by atoms with E-state index in [-0.39, 0.29) is 5.92 Å². The zero-order valence-corrected chi connectivity index (χ0v) is 11.5. The van der Waals surface area contributed by atoms with Crippen molar-refractivity contribution in [3.05, 3.63) is 29.7 Å². The van der Waals surface area contributed by atoms with Crippen molar-refractivity contribution in [2.75, 3.05) is 7.11 Å². The van der Waals surface area contributed by atoms with Gasteiger partial charge in [0.25, 0.3) is 0 Å². The molecule has 1 aromatic heterocycles. The van der Waals surface area contributed by atoms with Gasteiger partial charge >= 0.3 is 0 Å². The van der Waals surface area contributed by atoms with Crippen LogP contribution in [0.15, 0.2) is 22.7 Å². The molecule has 0 amide bonds. The van der Waals surface area contributed by atoms with Crippen molar-refractivity contribution in [2.24, 2.45) is 0 Å². The number of ether oxygens (including phenoxy) is 1. The molecule has 5 nitrogen and oxygen atoms in total. The summed E-state index contributed by atoms with van der Waals surface area (Å²) in [6.07, 6.45) is -0.534. The van der Waals surface area contributed by atoms with Gasteiger partial charge in [0.1, 0.15) is 5.75 Å². The Balaban J connectivity index is 2.38. The van der Waals surface area contributed by atoms with E-state index in [9.17, 15) is 5.11 Å². The van der Waals surface area contributed by atoms with Crippen LogP contribution in [-0.2, 0) is 0 Å². The second kappa shape index (κ2) is 5.40. The number of aryl methyl sites for hydroxylation is 1. The highest BCUT2D eigenvalue weighted by Crippen LogP contribution is 2.30. The Morgan fingerprint density at radius 1 is 1.32 bits per heavy atom. The summed E-state index contributed by atoms with van der Waals surface area (Å²) < 4.78 is 10.5. The number of benzene rings is 1. The number of rotatable bonds is 4.